The zero-order valence-electron chi connectivity index (χ0n) is 41.6. The van der Waals surface area contributed by atoms with Gasteiger partial charge in [0.25, 0.3) is 0 Å². The summed E-state index contributed by atoms with van der Waals surface area (Å²) in [7, 11) is 0. The summed E-state index contributed by atoms with van der Waals surface area (Å²) in [5.41, 5.74) is 26.9. The van der Waals surface area contributed by atoms with E-state index in [4.69, 9.17) is 0 Å². The van der Waals surface area contributed by atoms with Crippen molar-refractivity contribution in [1.29, 1.82) is 10.5 Å². The third-order valence-electron chi connectivity index (χ3n) is 20.2. The van der Waals surface area contributed by atoms with Gasteiger partial charge in [-0.05, 0) is 136 Å². The van der Waals surface area contributed by atoms with Crippen LogP contribution in [0.5, 0.6) is 0 Å². The van der Waals surface area contributed by atoms with Gasteiger partial charge in [-0.15, -0.1) is 0 Å². The first kappa shape index (κ1) is 40.6. The van der Waals surface area contributed by atoms with E-state index >= 15 is 0 Å². The molecular formula is C74H41N3. The second kappa shape index (κ2) is 13.3. The summed E-state index contributed by atoms with van der Waals surface area (Å²) >= 11 is 0. The number of para-hydroxylation sites is 1. The molecule has 0 saturated carbocycles. The highest BCUT2D eigenvalue weighted by atomic mass is 14.9. The molecule has 0 amide bonds. The van der Waals surface area contributed by atoms with Crippen molar-refractivity contribution in [3.05, 3.63) is 302 Å². The summed E-state index contributed by atoms with van der Waals surface area (Å²) in [6.07, 6.45) is 1.49. The van der Waals surface area contributed by atoms with Crippen LogP contribution in [0.25, 0.3) is 82.6 Å². The molecule has 2 aromatic heterocycles. The first-order chi connectivity index (χ1) is 38.1. The number of hydrogen-bond donors (Lipinski definition) is 0. The molecule has 0 bridgehead atoms. The minimum Gasteiger partial charge on any atom is -0.308 e. The zero-order chi connectivity index (χ0) is 50.3. The summed E-state index contributed by atoms with van der Waals surface area (Å²) in [5.74, 6) is 0. The van der Waals surface area contributed by atoms with Gasteiger partial charge in [0.15, 0.2) is 0 Å². The Kier molecular flexibility index (Phi) is 7.03. The zero-order valence-corrected chi connectivity index (χ0v) is 41.6. The normalized spacial score (nSPS) is 16.6. The van der Waals surface area contributed by atoms with Crippen molar-refractivity contribution in [1.82, 2.24) is 4.40 Å². The van der Waals surface area contributed by atoms with E-state index in [0.29, 0.717) is 11.1 Å². The molecule has 0 aliphatic heterocycles. The van der Waals surface area contributed by atoms with E-state index in [2.05, 4.69) is 241 Å². The van der Waals surface area contributed by atoms with Crippen LogP contribution in [0, 0.1) is 22.7 Å². The fourth-order valence-corrected chi connectivity index (χ4v) is 18.0. The average molecular weight is 972 g/mol. The minimum atomic E-state index is -0.632. The first-order valence-corrected chi connectivity index (χ1v) is 27.0. The number of rotatable bonds is 0. The van der Waals surface area contributed by atoms with E-state index < -0.39 is 21.7 Å². The maximum atomic E-state index is 12.1. The van der Waals surface area contributed by atoms with E-state index in [9.17, 15) is 10.5 Å². The van der Waals surface area contributed by atoms with Crippen molar-refractivity contribution >= 4 is 38.1 Å². The van der Waals surface area contributed by atoms with Crippen molar-refractivity contribution in [3.63, 3.8) is 0 Å². The van der Waals surface area contributed by atoms with Crippen molar-refractivity contribution in [2.45, 2.75) is 34.5 Å². The van der Waals surface area contributed by atoms with Crippen LogP contribution >= 0.6 is 0 Å². The van der Waals surface area contributed by atoms with Crippen LogP contribution in [0.2, 0.25) is 0 Å². The molecule has 6 aliphatic rings. The second-order valence-electron chi connectivity index (χ2n) is 22.7. The molecule has 19 rings (SSSR count). The number of nitriles is 2. The number of fused-ring (bicyclic) bond motifs is 34. The van der Waals surface area contributed by atoms with Gasteiger partial charge in [-0.3, -0.25) is 0 Å². The largest absolute Gasteiger partial charge is 0.308 e. The van der Waals surface area contributed by atoms with Crippen LogP contribution in [0.15, 0.2) is 224 Å². The van der Waals surface area contributed by atoms with Crippen LogP contribution < -0.4 is 0 Å². The summed E-state index contributed by atoms with van der Waals surface area (Å²) in [6.45, 7) is 0. The Morgan fingerprint density at radius 3 is 0.805 bits per heavy atom. The molecule has 4 spiro atoms. The highest BCUT2D eigenvalue weighted by molar-refractivity contribution is 6.26. The number of benzene rings is 11. The Hall–Kier alpha value is -9.80. The third-order valence-corrected chi connectivity index (χ3v) is 20.2. The van der Waals surface area contributed by atoms with Crippen molar-refractivity contribution in [2.75, 3.05) is 0 Å². The molecule has 0 radical (unpaired) electrons. The van der Waals surface area contributed by atoms with Crippen LogP contribution in [-0.2, 0) is 21.7 Å². The summed E-state index contributed by atoms with van der Waals surface area (Å²) in [4.78, 5) is 0. The summed E-state index contributed by atoms with van der Waals surface area (Å²) < 4.78 is 2.49. The molecule has 2 heterocycles. The lowest BCUT2D eigenvalue weighted by molar-refractivity contribution is 0.515. The predicted molar refractivity (Wildman–Crippen MR) is 307 cm³/mol. The van der Waals surface area contributed by atoms with Crippen LogP contribution in [-0.4, -0.2) is 4.40 Å². The van der Waals surface area contributed by atoms with Gasteiger partial charge in [0.2, 0.25) is 0 Å². The van der Waals surface area contributed by atoms with Crippen LogP contribution in [0.1, 0.15) is 90.7 Å². The molecule has 352 valence electrons. The van der Waals surface area contributed by atoms with Gasteiger partial charge >= 0.3 is 0 Å². The van der Waals surface area contributed by atoms with Crippen LogP contribution in [0.4, 0.5) is 0 Å². The number of aromatic nitrogens is 1. The highest BCUT2D eigenvalue weighted by Crippen LogP contribution is 2.74. The van der Waals surface area contributed by atoms with E-state index in [-0.39, 0.29) is 0 Å². The van der Waals surface area contributed by atoms with E-state index in [0.717, 1.165) is 40.5 Å². The average Bonchev–Trinajstić information content (AvgIpc) is 3.87. The van der Waals surface area contributed by atoms with Crippen molar-refractivity contribution < 1.29 is 0 Å². The van der Waals surface area contributed by atoms with E-state index in [1.807, 2.05) is 0 Å². The standard InChI is InChI=1S/C74H41N3/c75-38-42-36-62-64(68-66(42)71(54-28-9-1-18-44(54)45-19-2-10-29-55(45)71)40-73(68)58-32-13-5-22-48(58)49-23-6-14-33-59(49)73)52-26-17-27-53-65-63(77(62)70(52)53)37-43(39-76)67-69(65)74(60-34-15-7-24-50(60)51-25-8-16-35-61(51)74)41-72(67)56-30-11-3-20-46(56)47-21-4-12-31-57(47)72/h1-37H,40-41H2. The molecule has 0 fully saturated rings. The molecule has 13 aromatic rings. The second-order valence-corrected chi connectivity index (χ2v) is 22.7. The van der Waals surface area contributed by atoms with Gasteiger partial charge in [0, 0.05) is 43.2 Å². The monoisotopic (exact) mass is 971 g/mol. The van der Waals surface area contributed by atoms with E-state index in [1.165, 1.54) is 122 Å². The minimum absolute atomic E-state index is 0.623. The molecule has 77 heavy (non-hydrogen) atoms. The Bertz CT molecular complexity index is 4550. The molecule has 6 aliphatic carbocycles. The topological polar surface area (TPSA) is 52.0 Å². The van der Waals surface area contributed by atoms with Gasteiger partial charge in [0.05, 0.1) is 39.8 Å². The van der Waals surface area contributed by atoms with Gasteiger partial charge in [-0.1, -0.05) is 212 Å². The smallest absolute Gasteiger partial charge is 0.0995 e. The molecular weight excluding hydrogens is 931 g/mol. The predicted octanol–water partition coefficient (Wildman–Crippen LogP) is 16.6. The lowest BCUT2D eigenvalue weighted by Crippen LogP contribution is -2.30. The fourth-order valence-electron chi connectivity index (χ4n) is 18.0. The molecule has 0 atom stereocenters. The first-order valence-electron chi connectivity index (χ1n) is 27.0. The Morgan fingerprint density at radius 1 is 0.299 bits per heavy atom. The molecule has 3 nitrogen and oxygen atoms in total. The quantitative estimate of drug-likeness (QED) is 0.152. The number of nitrogens with zero attached hydrogens (tertiary/aromatic N) is 3. The highest BCUT2D eigenvalue weighted by Gasteiger charge is 2.65. The molecule has 3 heteroatoms. The van der Waals surface area contributed by atoms with E-state index in [1.54, 1.807) is 0 Å². The van der Waals surface area contributed by atoms with Crippen molar-refractivity contribution in [2.24, 2.45) is 0 Å². The molecule has 11 aromatic carbocycles. The summed E-state index contributed by atoms with van der Waals surface area (Å²) in [5, 5.41) is 28.9. The van der Waals surface area contributed by atoms with Gasteiger partial charge < -0.3 is 4.40 Å². The summed E-state index contributed by atoms with van der Waals surface area (Å²) in [6, 6.07) is 89.6. The van der Waals surface area contributed by atoms with Crippen molar-refractivity contribution in [3.8, 4) is 56.6 Å². The Labute approximate surface area is 444 Å². The Balaban J connectivity index is 1.04. The lowest BCUT2D eigenvalue weighted by Gasteiger charge is -2.33. The lowest BCUT2D eigenvalue weighted by atomic mass is 9.67. The third kappa shape index (κ3) is 4.16. The SMILES string of the molecule is N#Cc1cc2c(c3c1C1(CC34c3ccccc3-c3ccccc34)c3ccccc3-c3ccccc31)c1cccc3c4c5c(c(C#N)cc4n2c13)C1(CC52c3ccccc3-c3ccccc32)c2ccccc2-c2ccccc21. The molecule has 0 N–H and O–H groups in total. The molecule has 0 saturated heterocycles. The maximum Gasteiger partial charge on any atom is 0.0995 e. The number of hydrogen-bond acceptors (Lipinski definition) is 2. The Morgan fingerprint density at radius 2 is 0.545 bits per heavy atom. The molecule has 0 unspecified atom stereocenters. The van der Waals surface area contributed by atoms with Crippen LogP contribution in [0.3, 0.4) is 0 Å². The van der Waals surface area contributed by atoms with Gasteiger partial charge in [0.1, 0.15) is 0 Å². The maximum absolute atomic E-state index is 12.1. The fraction of sp³-hybridized carbons (Fsp3) is 0.0811. The van der Waals surface area contributed by atoms with Gasteiger partial charge in [-0.25, -0.2) is 0 Å². The van der Waals surface area contributed by atoms with Gasteiger partial charge in [-0.2, -0.15) is 10.5 Å².